The molecule has 0 aromatic carbocycles. The van der Waals surface area contributed by atoms with Gasteiger partial charge in [-0.05, 0) is 29.5 Å². The summed E-state index contributed by atoms with van der Waals surface area (Å²) in [4.78, 5) is 15.4. The van der Waals surface area contributed by atoms with Crippen molar-refractivity contribution in [2.45, 2.75) is 25.0 Å². The number of halogens is 5. The highest BCUT2D eigenvalue weighted by molar-refractivity contribution is 14.1. The van der Waals surface area contributed by atoms with Crippen molar-refractivity contribution in [3.8, 4) is 5.75 Å². The van der Waals surface area contributed by atoms with E-state index in [1.54, 1.807) is 29.5 Å². The molecular weight excluding hydrogens is 458 g/mol. The highest BCUT2D eigenvalue weighted by Crippen LogP contribution is 2.33. The van der Waals surface area contributed by atoms with E-state index >= 15 is 0 Å². The highest BCUT2D eigenvalue weighted by atomic mass is 127. The summed E-state index contributed by atoms with van der Waals surface area (Å²) in [7, 11) is 0. The van der Waals surface area contributed by atoms with E-state index < -0.39 is 12.3 Å². The molecule has 0 spiro atoms. The van der Waals surface area contributed by atoms with Gasteiger partial charge in [-0.2, -0.15) is 0 Å². The van der Waals surface area contributed by atoms with Gasteiger partial charge in [0.15, 0.2) is 0 Å². The van der Waals surface area contributed by atoms with Gasteiger partial charge < -0.3 is 9.47 Å². The van der Waals surface area contributed by atoms with E-state index in [0.29, 0.717) is 0 Å². The zero-order valence-electron chi connectivity index (χ0n) is 10.3. The van der Waals surface area contributed by atoms with Gasteiger partial charge in [-0.1, -0.05) is 15.9 Å². The van der Waals surface area contributed by atoms with Crippen LogP contribution in [0.1, 0.15) is 18.2 Å². The second kappa shape index (κ2) is 7.43. The van der Waals surface area contributed by atoms with Crippen LogP contribution in [-0.2, 0) is 21.3 Å². The molecule has 0 aliphatic heterocycles. The van der Waals surface area contributed by atoms with Gasteiger partial charge >= 0.3 is 12.3 Å². The topological polar surface area (TPSA) is 48.4 Å². The maximum absolute atomic E-state index is 12.4. The van der Waals surface area contributed by atoms with Crippen molar-refractivity contribution in [2.75, 3.05) is 6.61 Å². The van der Waals surface area contributed by atoms with Crippen LogP contribution in [0.2, 0.25) is 0 Å². The molecule has 0 N–H and O–H groups in total. The lowest BCUT2D eigenvalue weighted by molar-refractivity contribution is -0.275. The molecule has 0 bridgehead atoms. The molecule has 1 rings (SSSR count). The van der Waals surface area contributed by atoms with Gasteiger partial charge in [0.2, 0.25) is 0 Å². The van der Waals surface area contributed by atoms with Crippen LogP contribution in [0.15, 0.2) is 6.20 Å². The molecule has 0 radical (unpaired) electrons. The van der Waals surface area contributed by atoms with E-state index in [-0.39, 0.29) is 38.9 Å². The van der Waals surface area contributed by atoms with Gasteiger partial charge in [-0.3, -0.25) is 9.78 Å². The second-order valence-corrected chi connectivity index (χ2v) is 5.18. The van der Waals surface area contributed by atoms with Gasteiger partial charge in [-0.25, -0.2) is 0 Å². The normalized spacial score (nSPS) is 11.3. The quantitative estimate of drug-likeness (QED) is 0.377. The molecule has 9 heteroatoms. The van der Waals surface area contributed by atoms with E-state index in [0.717, 1.165) is 0 Å². The fourth-order valence-corrected chi connectivity index (χ4v) is 2.52. The molecular formula is C11H10BrF3INO3. The highest BCUT2D eigenvalue weighted by Gasteiger charge is 2.33. The van der Waals surface area contributed by atoms with Crippen LogP contribution in [0.25, 0.3) is 0 Å². The average Bonchev–Trinajstić information content (AvgIpc) is 2.33. The Labute approximate surface area is 135 Å². The third-order valence-corrected chi connectivity index (χ3v) is 3.82. The Hall–Kier alpha value is -0.580. The first-order valence-electron chi connectivity index (χ1n) is 5.42. The van der Waals surface area contributed by atoms with Crippen LogP contribution in [0.3, 0.4) is 0 Å². The third-order valence-electron chi connectivity index (χ3n) is 2.10. The fourth-order valence-electron chi connectivity index (χ4n) is 1.34. The molecule has 1 aromatic heterocycles. The van der Waals surface area contributed by atoms with Crippen LogP contribution < -0.4 is 4.74 Å². The molecule has 0 amide bonds. The lowest BCUT2D eigenvalue weighted by Crippen LogP contribution is -2.20. The summed E-state index contributed by atoms with van der Waals surface area (Å²) >= 11 is 4.74. The minimum Gasteiger partial charge on any atom is -0.466 e. The van der Waals surface area contributed by atoms with Crippen molar-refractivity contribution in [1.82, 2.24) is 4.98 Å². The van der Waals surface area contributed by atoms with Crippen LogP contribution in [-0.4, -0.2) is 23.9 Å². The van der Waals surface area contributed by atoms with Crippen LogP contribution in [0, 0.1) is 3.57 Å². The summed E-state index contributed by atoms with van der Waals surface area (Å²) in [6.45, 7) is 1.84. The Bertz CT molecular complexity index is 497. The number of hydrogen-bond acceptors (Lipinski definition) is 4. The fraction of sp³-hybridized carbons (Fsp3) is 0.455. The van der Waals surface area contributed by atoms with Crippen molar-refractivity contribution in [3.05, 3.63) is 21.0 Å². The van der Waals surface area contributed by atoms with Gasteiger partial charge in [0, 0.05) is 17.1 Å². The molecule has 1 heterocycles. The Morgan fingerprint density at radius 1 is 1.50 bits per heavy atom. The smallest absolute Gasteiger partial charge is 0.466 e. The van der Waals surface area contributed by atoms with Gasteiger partial charge in [0.05, 0.1) is 22.3 Å². The number of rotatable bonds is 5. The second-order valence-electron chi connectivity index (χ2n) is 3.54. The Morgan fingerprint density at radius 2 is 2.15 bits per heavy atom. The van der Waals surface area contributed by atoms with Gasteiger partial charge in [-0.15, -0.1) is 13.2 Å². The zero-order valence-corrected chi connectivity index (χ0v) is 14.0. The van der Waals surface area contributed by atoms with E-state index in [1.807, 2.05) is 0 Å². The lowest BCUT2D eigenvalue weighted by Gasteiger charge is -2.15. The van der Waals surface area contributed by atoms with E-state index in [9.17, 15) is 18.0 Å². The number of carbonyl (C=O) groups excluding carboxylic acids is 1. The summed E-state index contributed by atoms with van der Waals surface area (Å²) in [6.07, 6.45) is -3.77. The molecule has 0 fully saturated rings. The summed E-state index contributed by atoms with van der Waals surface area (Å²) < 4.78 is 46.1. The minimum absolute atomic E-state index is 0.143. The summed E-state index contributed by atoms with van der Waals surface area (Å²) in [5, 5.41) is 0.154. The van der Waals surface area contributed by atoms with Crippen LogP contribution in [0.5, 0.6) is 5.75 Å². The van der Waals surface area contributed by atoms with Gasteiger partial charge in [0.1, 0.15) is 5.75 Å². The van der Waals surface area contributed by atoms with E-state index in [2.05, 4.69) is 25.7 Å². The van der Waals surface area contributed by atoms with Crippen molar-refractivity contribution >= 4 is 44.5 Å². The molecule has 0 aliphatic rings. The van der Waals surface area contributed by atoms with Crippen LogP contribution in [0.4, 0.5) is 13.2 Å². The first kappa shape index (κ1) is 17.5. The van der Waals surface area contributed by atoms with Crippen molar-refractivity contribution < 1.29 is 27.4 Å². The largest absolute Gasteiger partial charge is 0.573 e. The standard InChI is InChI=1S/C11H10BrF3INO3/c1-2-19-8(18)3-7-9(16)10(20-11(13,14)15)6(4-12)5-17-7/h5H,2-4H2,1H3. The first-order chi connectivity index (χ1) is 9.28. The lowest BCUT2D eigenvalue weighted by atomic mass is 10.2. The predicted molar refractivity (Wildman–Crippen MR) is 76.6 cm³/mol. The molecule has 1 aromatic rings. The number of hydrogen-bond donors (Lipinski definition) is 0. The third kappa shape index (κ3) is 5.08. The minimum atomic E-state index is -4.81. The van der Waals surface area contributed by atoms with Gasteiger partial charge in [0.25, 0.3) is 0 Å². The number of esters is 1. The maximum atomic E-state index is 12.4. The van der Waals surface area contributed by atoms with Crippen LogP contribution >= 0.6 is 38.5 Å². The Balaban J connectivity index is 3.11. The van der Waals surface area contributed by atoms with Crippen molar-refractivity contribution in [3.63, 3.8) is 0 Å². The van der Waals surface area contributed by atoms with E-state index in [1.165, 1.54) is 6.20 Å². The Kier molecular flexibility index (Phi) is 6.49. The Morgan fingerprint density at radius 3 is 2.65 bits per heavy atom. The molecule has 112 valence electrons. The predicted octanol–water partition coefficient (Wildman–Crippen LogP) is 3.59. The SMILES string of the molecule is CCOC(=O)Cc1ncc(CBr)c(OC(F)(F)F)c1I. The number of carbonyl (C=O) groups is 1. The van der Waals surface area contributed by atoms with Crippen molar-refractivity contribution in [2.24, 2.45) is 0 Å². The number of pyridine rings is 1. The van der Waals surface area contributed by atoms with E-state index in [4.69, 9.17) is 4.74 Å². The first-order valence-corrected chi connectivity index (χ1v) is 7.62. The van der Waals surface area contributed by atoms with Crippen molar-refractivity contribution in [1.29, 1.82) is 0 Å². The molecule has 0 unspecified atom stereocenters. The maximum Gasteiger partial charge on any atom is 0.573 e. The monoisotopic (exact) mass is 467 g/mol. The number of aromatic nitrogens is 1. The molecule has 20 heavy (non-hydrogen) atoms. The number of nitrogens with zero attached hydrogens (tertiary/aromatic N) is 1. The number of ether oxygens (including phenoxy) is 2. The molecule has 0 aliphatic carbocycles. The summed E-state index contributed by atoms with van der Waals surface area (Å²) in [6, 6.07) is 0. The molecule has 0 saturated heterocycles. The summed E-state index contributed by atoms with van der Waals surface area (Å²) in [5.74, 6) is -0.897. The number of alkyl halides is 4. The molecule has 4 nitrogen and oxygen atoms in total. The zero-order chi connectivity index (χ0) is 15.3. The summed E-state index contributed by atoms with van der Waals surface area (Å²) in [5.41, 5.74) is 0.437. The average molecular weight is 468 g/mol. The molecule has 0 saturated carbocycles. The molecule has 0 atom stereocenters.